The second-order valence-corrected chi connectivity index (χ2v) is 11.1. The molecule has 0 radical (unpaired) electrons. The van der Waals surface area contributed by atoms with Gasteiger partial charge in [0, 0.05) is 8.07 Å². The maximum atomic E-state index is 11.6. The van der Waals surface area contributed by atoms with Crippen LogP contribution in [0.4, 0.5) is 10.5 Å². The molecule has 0 saturated carbocycles. The van der Waals surface area contributed by atoms with Crippen LogP contribution in [0.15, 0.2) is 4.52 Å². The summed E-state index contributed by atoms with van der Waals surface area (Å²) in [6.07, 6.45) is 0.274. The minimum atomic E-state index is -1.17. The summed E-state index contributed by atoms with van der Waals surface area (Å²) < 4.78 is 10.2. The highest BCUT2D eigenvalue weighted by Crippen LogP contribution is 2.20. The van der Waals surface area contributed by atoms with Crippen molar-refractivity contribution in [3.63, 3.8) is 0 Å². The normalized spacial score (nSPS) is 11.4. The average Bonchev–Trinajstić information content (AvgIpc) is 2.58. The topological polar surface area (TPSA) is 64.4 Å². The van der Waals surface area contributed by atoms with Crippen molar-refractivity contribution in [2.75, 3.05) is 11.9 Å². The molecule has 0 unspecified atom stereocenters. The Bertz CT molecular complexity index is 410. The maximum absolute atomic E-state index is 11.6. The lowest BCUT2D eigenvalue weighted by atomic mass is 10.2. The third-order valence-corrected chi connectivity index (χ3v) is 4.28. The van der Waals surface area contributed by atoms with Gasteiger partial charge in [-0.1, -0.05) is 31.7 Å². The molecule has 0 aliphatic heterocycles. The van der Waals surface area contributed by atoms with Crippen molar-refractivity contribution in [3.8, 4) is 0 Å². The summed E-state index contributed by atoms with van der Waals surface area (Å²) >= 11 is 0. The molecule has 0 bridgehead atoms. The second-order valence-electron chi connectivity index (χ2n) is 5.49. The monoisotopic (exact) mass is 270 g/mol. The Morgan fingerprint density at radius 2 is 2.11 bits per heavy atom. The van der Waals surface area contributed by atoms with Gasteiger partial charge in [-0.05, 0) is 19.4 Å². The number of ether oxygens (including phenoxy) is 1. The van der Waals surface area contributed by atoms with E-state index in [-0.39, 0.29) is 0 Å². The van der Waals surface area contributed by atoms with Gasteiger partial charge in [0.25, 0.3) is 0 Å². The number of aryl methyl sites for hydroxylation is 2. The van der Waals surface area contributed by atoms with Gasteiger partial charge in [0.1, 0.15) is 11.4 Å². The highest BCUT2D eigenvalue weighted by Gasteiger charge is 2.17. The molecule has 1 amide bonds. The van der Waals surface area contributed by atoms with E-state index in [0.717, 1.165) is 11.7 Å². The van der Waals surface area contributed by atoms with E-state index >= 15 is 0 Å². The molecular formula is C12H22N2O3Si. The van der Waals surface area contributed by atoms with E-state index in [4.69, 9.17) is 9.26 Å². The van der Waals surface area contributed by atoms with Gasteiger partial charge in [-0.25, -0.2) is 4.79 Å². The van der Waals surface area contributed by atoms with Crippen molar-refractivity contribution in [1.29, 1.82) is 0 Å². The maximum Gasteiger partial charge on any atom is 0.411 e. The molecule has 0 saturated heterocycles. The molecule has 18 heavy (non-hydrogen) atoms. The number of rotatable bonds is 5. The highest BCUT2D eigenvalue weighted by atomic mass is 28.3. The van der Waals surface area contributed by atoms with E-state index in [1.165, 1.54) is 0 Å². The summed E-state index contributed by atoms with van der Waals surface area (Å²) in [6.45, 7) is 10.9. The number of anilines is 1. The molecule has 0 atom stereocenters. The van der Waals surface area contributed by atoms with Crippen LogP contribution >= 0.6 is 0 Å². The van der Waals surface area contributed by atoms with Gasteiger partial charge in [-0.2, -0.15) is 0 Å². The zero-order chi connectivity index (χ0) is 13.8. The second kappa shape index (κ2) is 6.04. The van der Waals surface area contributed by atoms with Crippen LogP contribution in [0.25, 0.3) is 0 Å². The first-order valence-corrected chi connectivity index (χ1v) is 9.93. The zero-order valence-electron chi connectivity index (χ0n) is 11.8. The summed E-state index contributed by atoms with van der Waals surface area (Å²) in [7, 11) is -1.17. The first-order chi connectivity index (χ1) is 8.33. The molecule has 0 aliphatic rings. The van der Waals surface area contributed by atoms with Crippen molar-refractivity contribution >= 4 is 19.9 Å². The van der Waals surface area contributed by atoms with E-state index < -0.39 is 14.2 Å². The number of aromatic nitrogens is 1. The molecule has 1 N–H and O–H groups in total. The summed E-state index contributed by atoms with van der Waals surface area (Å²) in [6, 6.07) is 0.962. The van der Waals surface area contributed by atoms with Crippen LogP contribution in [-0.4, -0.2) is 25.9 Å². The summed E-state index contributed by atoms with van der Waals surface area (Å²) in [4.78, 5) is 11.6. The lowest BCUT2D eigenvalue weighted by molar-refractivity contribution is 0.167. The molecule has 5 nitrogen and oxygen atoms in total. The van der Waals surface area contributed by atoms with Crippen LogP contribution in [0.2, 0.25) is 25.7 Å². The predicted molar refractivity (Wildman–Crippen MR) is 73.7 cm³/mol. The third kappa shape index (κ3) is 4.52. The Morgan fingerprint density at radius 3 is 2.67 bits per heavy atom. The Balaban J connectivity index is 2.47. The van der Waals surface area contributed by atoms with E-state index in [1.54, 1.807) is 6.92 Å². The van der Waals surface area contributed by atoms with Gasteiger partial charge in [0.15, 0.2) is 5.76 Å². The summed E-state index contributed by atoms with van der Waals surface area (Å²) in [5.74, 6) is 0.606. The van der Waals surface area contributed by atoms with Crippen molar-refractivity contribution in [3.05, 3.63) is 11.5 Å². The molecule has 1 rings (SSSR count). The Morgan fingerprint density at radius 1 is 1.44 bits per heavy atom. The lowest BCUT2D eigenvalue weighted by Crippen LogP contribution is -2.24. The molecule has 0 spiro atoms. The van der Waals surface area contributed by atoms with Crippen LogP contribution in [0.3, 0.4) is 0 Å². The number of hydrogen-bond donors (Lipinski definition) is 1. The fourth-order valence-electron chi connectivity index (χ4n) is 1.41. The molecule has 1 aromatic heterocycles. The van der Waals surface area contributed by atoms with E-state index in [9.17, 15) is 4.79 Å². The number of carbonyl (C=O) groups excluding carboxylic acids is 1. The fraction of sp³-hybridized carbons (Fsp3) is 0.667. The first kappa shape index (κ1) is 14.8. The Kier molecular flexibility index (Phi) is 4.95. The molecule has 6 heteroatoms. The number of carbonyl (C=O) groups is 1. The van der Waals surface area contributed by atoms with Crippen LogP contribution in [0.5, 0.6) is 0 Å². The van der Waals surface area contributed by atoms with Crippen LogP contribution in [-0.2, 0) is 11.2 Å². The SMILES string of the molecule is CCc1noc(C)c1NC(=O)OCC[Si](C)(C)C. The molecule has 0 aromatic carbocycles. The standard InChI is InChI=1S/C12H22N2O3Si/c1-6-10-11(9(2)17-14-10)13-12(15)16-7-8-18(3,4)5/h6-8H2,1-5H3,(H,13,15). The van der Waals surface area contributed by atoms with Crippen molar-refractivity contribution < 1.29 is 14.1 Å². The molecule has 1 heterocycles. The largest absolute Gasteiger partial charge is 0.450 e. The van der Waals surface area contributed by atoms with Gasteiger partial charge in [-0.3, -0.25) is 5.32 Å². The molecular weight excluding hydrogens is 248 g/mol. The number of nitrogens with one attached hydrogen (secondary N) is 1. The lowest BCUT2D eigenvalue weighted by Gasteiger charge is -2.15. The smallest absolute Gasteiger partial charge is 0.411 e. The van der Waals surface area contributed by atoms with Gasteiger partial charge in [0.05, 0.1) is 6.61 Å². The Labute approximate surface area is 109 Å². The van der Waals surface area contributed by atoms with Crippen molar-refractivity contribution in [2.24, 2.45) is 0 Å². The third-order valence-electron chi connectivity index (χ3n) is 2.58. The minimum Gasteiger partial charge on any atom is -0.450 e. The van der Waals surface area contributed by atoms with Crippen LogP contribution < -0.4 is 5.32 Å². The molecule has 102 valence electrons. The number of nitrogens with zero attached hydrogens (tertiary/aromatic N) is 1. The van der Waals surface area contributed by atoms with Gasteiger partial charge in [0.2, 0.25) is 0 Å². The average molecular weight is 270 g/mol. The zero-order valence-corrected chi connectivity index (χ0v) is 12.8. The predicted octanol–water partition coefficient (Wildman–Crippen LogP) is 3.43. The van der Waals surface area contributed by atoms with Crippen molar-refractivity contribution in [1.82, 2.24) is 5.16 Å². The van der Waals surface area contributed by atoms with E-state index in [2.05, 4.69) is 30.1 Å². The first-order valence-electron chi connectivity index (χ1n) is 6.22. The molecule has 0 aliphatic carbocycles. The Hall–Kier alpha value is -1.30. The highest BCUT2D eigenvalue weighted by molar-refractivity contribution is 6.76. The summed E-state index contributed by atoms with van der Waals surface area (Å²) in [5, 5.41) is 6.56. The minimum absolute atomic E-state index is 0.436. The summed E-state index contributed by atoms with van der Waals surface area (Å²) in [5.41, 5.74) is 1.38. The number of amides is 1. The molecule has 0 fully saturated rings. The van der Waals surface area contributed by atoms with Crippen LogP contribution in [0, 0.1) is 6.92 Å². The van der Waals surface area contributed by atoms with Crippen molar-refractivity contribution in [2.45, 2.75) is 46.0 Å². The van der Waals surface area contributed by atoms with E-state index in [1.807, 2.05) is 6.92 Å². The van der Waals surface area contributed by atoms with Gasteiger partial charge < -0.3 is 9.26 Å². The van der Waals surface area contributed by atoms with Gasteiger partial charge >= 0.3 is 6.09 Å². The van der Waals surface area contributed by atoms with Crippen LogP contribution in [0.1, 0.15) is 18.4 Å². The molecule has 1 aromatic rings. The van der Waals surface area contributed by atoms with Gasteiger partial charge in [-0.15, -0.1) is 0 Å². The fourth-order valence-corrected chi connectivity index (χ4v) is 2.12. The van der Waals surface area contributed by atoms with E-state index in [0.29, 0.717) is 24.5 Å². The number of hydrogen-bond acceptors (Lipinski definition) is 4. The quantitative estimate of drug-likeness (QED) is 0.832.